The summed E-state index contributed by atoms with van der Waals surface area (Å²) in [5, 5.41) is 0. The second kappa shape index (κ2) is 12.3. The molecule has 2 aromatic rings. The summed E-state index contributed by atoms with van der Waals surface area (Å²) in [6, 6.07) is 7.44. The van der Waals surface area contributed by atoms with Gasteiger partial charge in [-0.3, -0.25) is 9.59 Å². The predicted molar refractivity (Wildman–Crippen MR) is 150 cm³/mol. The van der Waals surface area contributed by atoms with E-state index in [-0.39, 0.29) is 47.8 Å². The summed E-state index contributed by atoms with van der Waals surface area (Å²) in [6.07, 6.45) is -9.36. The summed E-state index contributed by atoms with van der Waals surface area (Å²) >= 11 is 0. The van der Waals surface area contributed by atoms with Crippen LogP contribution in [0.5, 0.6) is 0 Å². The quantitative estimate of drug-likeness (QED) is 0.382. The highest BCUT2D eigenvalue weighted by Crippen LogP contribution is 2.45. The molecule has 2 aliphatic rings. The lowest BCUT2D eigenvalue weighted by atomic mass is 9.80. The van der Waals surface area contributed by atoms with E-state index in [1.165, 1.54) is 17.0 Å². The van der Waals surface area contributed by atoms with Gasteiger partial charge in [0.2, 0.25) is 11.8 Å². The normalized spacial score (nSPS) is 23.5. The van der Waals surface area contributed by atoms with E-state index in [1.54, 1.807) is 18.2 Å². The van der Waals surface area contributed by atoms with Gasteiger partial charge in [-0.1, -0.05) is 18.2 Å². The van der Waals surface area contributed by atoms with Crippen LogP contribution in [0.4, 0.5) is 26.3 Å². The van der Waals surface area contributed by atoms with Gasteiger partial charge in [0.15, 0.2) is 9.84 Å². The number of nitrogens with zero attached hydrogens (tertiary/aromatic N) is 2. The zero-order valence-corrected chi connectivity index (χ0v) is 25.3. The number of alkyl halides is 6. The predicted octanol–water partition coefficient (Wildman–Crippen LogP) is 5.49. The van der Waals surface area contributed by atoms with E-state index in [1.807, 2.05) is 20.9 Å². The maximum Gasteiger partial charge on any atom is 0.416 e. The number of hydrogen-bond donors (Lipinski definition) is 1. The number of nitrogens with two attached hydrogens (primary N) is 1. The van der Waals surface area contributed by atoms with E-state index in [0.717, 1.165) is 0 Å². The minimum absolute atomic E-state index is 0.0102. The van der Waals surface area contributed by atoms with Crippen LogP contribution in [-0.4, -0.2) is 67.5 Å². The number of carbonyl (C=O) groups excluding carboxylic acids is 2. The van der Waals surface area contributed by atoms with Crippen molar-refractivity contribution >= 4 is 21.7 Å². The van der Waals surface area contributed by atoms with Crippen LogP contribution in [0.15, 0.2) is 47.4 Å². The van der Waals surface area contributed by atoms with Crippen LogP contribution in [0.25, 0.3) is 0 Å². The average Bonchev–Trinajstić information content (AvgIpc) is 3.31. The fraction of sp³-hybridized carbons (Fsp3) is 0.533. The topological polar surface area (TPSA) is 101 Å². The Bertz CT molecular complexity index is 1490. The Morgan fingerprint density at radius 3 is 2.20 bits per heavy atom. The summed E-state index contributed by atoms with van der Waals surface area (Å²) in [4.78, 5) is 29.7. The van der Waals surface area contributed by atoms with E-state index >= 15 is 0 Å². The summed E-state index contributed by atoms with van der Waals surface area (Å²) in [7, 11) is -1.89. The van der Waals surface area contributed by atoms with Gasteiger partial charge in [-0.2, -0.15) is 26.3 Å². The number of rotatable bonds is 8. The third-order valence-electron chi connectivity index (χ3n) is 8.91. The Morgan fingerprint density at radius 2 is 1.66 bits per heavy atom. The van der Waals surface area contributed by atoms with Gasteiger partial charge in [0.25, 0.3) is 0 Å². The van der Waals surface area contributed by atoms with Crippen molar-refractivity contribution in [3.63, 3.8) is 0 Å². The van der Waals surface area contributed by atoms with Gasteiger partial charge in [0.05, 0.1) is 27.7 Å². The fourth-order valence-corrected chi connectivity index (χ4v) is 8.23. The second-order valence-corrected chi connectivity index (χ2v) is 13.9. The molecule has 4 atom stereocenters. The number of likely N-dealkylation sites (tertiary alicyclic amines) is 1. The molecule has 0 radical (unpaired) electrons. The van der Waals surface area contributed by atoms with Crippen LogP contribution in [0.2, 0.25) is 0 Å². The van der Waals surface area contributed by atoms with Gasteiger partial charge < -0.3 is 15.5 Å². The molecular weight excluding hydrogens is 612 g/mol. The highest BCUT2D eigenvalue weighted by Gasteiger charge is 2.48. The molecule has 1 heterocycles. The molecule has 2 N–H and O–H groups in total. The molecule has 14 heteroatoms. The summed E-state index contributed by atoms with van der Waals surface area (Å²) in [6.45, 7) is 3.93. The lowest BCUT2D eigenvalue weighted by molar-refractivity contribution is -0.143. The SMILES string of the molecule is CC(C)N(C)[C@@H]1CC[C@H](N2CC[C@@H](c3c(C(N)=O)cc(C(F)(F)F)cc3C(F)(F)F)C2=O)[C@H](CS(=O)(=O)c2ccccc2)C1. The Hall–Kier alpha value is -3.13. The molecular formula is C30H35F6N3O4S. The van der Waals surface area contributed by atoms with Crippen molar-refractivity contribution in [2.24, 2.45) is 11.7 Å². The third kappa shape index (κ3) is 6.90. The van der Waals surface area contributed by atoms with Crippen LogP contribution in [0.1, 0.15) is 72.5 Å². The van der Waals surface area contributed by atoms with Gasteiger partial charge in [0.1, 0.15) is 0 Å². The molecule has 2 amide bonds. The molecule has 7 nitrogen and oxygen atoms in total. The maximum atomic E-state index is 14.2. The molecule has 2 fully saturated rings. The summed E-state index contributed by atoms with van der Waals surface area (Å²) in [5.41, 5.74) is -0.0728. The Labute approximate surface area is 252 Å². The molecule has 242 valence electrons. The van der Waals surface area contributed by atoms with Crippen molar-refractivity contribution in [2.75, 3.05) is 19.3 Å². The Balaban J connectivity index is 1.73. The van der Waals surface area contributed by atoms with Gasteiger partial charge >= 0.3 is 12.4 Å². The minimum atomic E-state index is -5.32. The van der Waals surface area contributed by atoms with Crippen LogP contribution in [-0.2, 0) is 27.0 Å². The molecule has 1 aliphatic heterocycles. The smallest absolute Gasteiger partial charge is 0.366 e. The van der Waals surface area contributed by atoms with Crippen molar-refractivity contribution in [2.45, 2.75) is 80.8 Å². The van der Waals surface area contributed by atoms with Crippen molar-refractivity contribution in [1.29, 1.82) is 0 Å². The summed E-state index contributed by atoms with van der Waals surface area (Å²) < 4.78 is 110. The van der Waals surface area contributed by atoms with E-state index in [9.17, 15) is 44.3 Å². The molecule has 44 heavy (non-hydrogen) atoms. The zero-order valence-electron chi connectivity index (χ0n) is 24.5. The number of carbonyl (C=O) groups is 2. The molecule has 1 saturated heterocycles. The minimum Gasteiger partial charge on any atom is -0.366 e. The largest absolute Gasteiger partial charge is 0.416 e. The van der Waals surface area contributed by atoms with E-state index in [4.69, 9.17) is 5.73 Å². The highest BCUT2D eigenvalue weighted by molar-refractivity contribution is 7.91. The molecule has 1 saturated carbocycles. The first-order valence-electron chi connectivity index (χ1n) is 14.2. The second-order valence-electron chi connectivity index (χ2n) is 11.9. The van der Waals surface area contributed by atoms with E-state index in [0.29, 0.717) is 19.3 Å². The molecule has 1 aliphatic carbocycles. The van der Waals surface area contributed by atoms with Crippen LogP contribution in [0.3, 0.4) is 0 Å². The van der Waals surface area contributed by atoms with Crippen LogP contribution in [0, 0.1) is 5.92 Å². The number of benzene rings is 2. The zero-order chi connectivity index (χ0) is 32.8. The van der Waals surface area contributed by atoms with Crippen molar-refractivity contribution in [3.8, 4) is 0 Å². The van der Waals surface area contributed by atoms with E-state index in [2.05, 4.69) is 4.90 Å². The van der Waals surface area contributed by atoms with Crippen molar-refractivity contribution in [1.82, 2.24) is 9.80 Å². The fourth-order valence-electron chi connectivity index (χ4n) is 6.54. The van der Waals surface area contributed by atoms with Gasteiger partial charge in [-0.15, -0.1) is 0 Å². The molecule has 0 aromatic heterocycles. The molecule has 0 spiro atoms. The van der Waals surface area contributed by atoms with Gasteiger partial charge in [0, 0.05) is 30.2 Å². The standard InChI is InChI=1S/C30H35F6N3O4S/c1-17(2)38(3)20-9-10-25(18(13-20)16-44(42,43)21-7-5-4-6-8-21)39-12-11-22(28(39)41)26-23(27(37)40)14-19(29(31,32)33)15-24(26)30(34,35)36/h4-8,14-15,17-18,20,22,25H,9-13,16H2,1-3H3,(H2,37,40)/t18-,20+,22-,25-/m0/s1. The lowest BCUT2D eigenvalue weighted by Gasteiger charge is -2.44. The molecule has 0 bridgehead atoms. The van der Waals surface area contributed by atoms with Crippen molar-refractivity contribution < 1.29 is 44.3 Å². The number of hydrogen-bond acceptors (Lipinski definition) is 5. The number of amides is 2. The van der Waals surface area contributed by atoms with Gasteiger partial charge in [-0.25, -0.2) is 8.42 Å². The summed E-state index contributed by atoms with van der Waals surface area (Å²) in [5.74, 6) is -4.79. The highest BCUT2D eigenvalue weighted by atomic mass is 32.2. The van der Waals surface area contributed by atoms with E-state index < -0.39 is 74.1 Å². The molecule has 0 unspecified atom stereocenters. The first-order valence-corrected chi connectivity index (χ1v) is 15.9. The first kappa shape index (κ1) is 33.8. The van der Waals surface area contributed by atoms with Crippen molar-refractivity contribution in [3.05, 3.63) is 64.7 Å². The Morgan fingerprint density at radius 1 is 1.02 bits per heavy atom. The number of primary amides is 1. The average molecular weight is 648 g/mol. The lowest BCUT2D eigenvalue weighted by Crippen LogP contribution is -2.51. The maximum absolute atomic E-state index is 14.2. The number of halogens is 6. The first-order chi connectivity index (χ1) is 20.3. The third-order valence-corrected chi connectivity index (χ3v) is 10.8. The number of sulfone groups is 1. The van der Waals surface area contributed by atoms with Crippen LogP contribution >= 0.6 is 0 Å². The molecule has 4 rings (SSSR count). The Kier molecular flexibility index (Phi) is 9.47. The van der Waals surface area contributed by atoms with Crippen LogP contribution < -0.4 is 5.73 Å². The molecule has 2 aromatic carbocycles. The van der Waals surface area contributed by atoms with Gasteiger partial charge in [-0.05, 0) is 82.3 Å². The monoisotopic (exact) mass is 647 g/mol.